The summed E-state index contributed by atoms with van der Waals surface area (Å²) < 4.78 is 5.16. The average Bonchev–Trinajstić information content (AvgIpc) is 2.76. The van der Waals surface area contributed by atoms with Crippen molar-refractivity contribution in [1.29, 1.82) is 0 Å². The molecule has 96 valence electrons. The third-order valence-corrected chi connectivity index (χ3v) is 3.63. The Morgan fingerprint density at radius 1 is 1.44 bits per heavy atom. The lowest BCUT2D eigenvalue weighted by atomic mass is 10.2. The summed E-state index contributed by atoms with van der Waals surface area (Å²) >= 11 is 7.40. The number of halogens is 1. The minimum Gasteiger partial charge on any atom is -0.398 e. The largest absolute Gasteiger partial charge is 0.398 e. The molecule has 0 radical (unpaired) electrons. The van der Waals surface area contributed by atoms with E-state index in [1.165, 1.54) is 0 Å². The fourth-order valence-electron chi connectivity index (χ4n) is 1.35. The molecular formula is C12H14ClN3OS. The van der Waals surface area contributed by atoms with Crippen molar-refractivity contribution in [2.24, 2.45) is 0 Å². The molecule has 0 saturated heterocycles. The van der Waals surface area contributed by atoms with Crippen LogP contribution in [-0.2, 0) is 5.75 Å². The van der Waals surface area contributed by atoms with E-state index >= 15 is 0 Å². The maximum Gasteiger partial charge on any atom is 0.237 e. The van der Waals surface area contributed by atoms with E-state index in [-0.39, 0.29) is 5.92 Å². The molecule has 0 saturated carbocycles. The van der Waals surface area contributed by atoms with Gasteiger partial charge in [-0.2, -0.15) is 4.98 Å². The lowest BCUT2D eigenvalue weighted by Crippen LogP contribution is -1.91. The highest BCUT2D eigenvalue weighted by molar-refractivity contribution is 7.98. The van der Waals surface area contributed by atoms with Gasteiger partial charge in [0.25, 0.3) is 0 Å². The average molecular weight is 284 g/mol. The van der Waals surface area contributed by atoms with Crippen molar-refractivity contribution in [3.05, 3.63) is 34.9 Å². The summed E-state index contributed by atoms with van der Waals surface area (Å²) in [4.78, 5) is 5.27. The first-order valence-corrected chi connectivity index (χ1v) is 6.93. The van der Waals surface area contributed by atoms with Crippen LogP contribution in [0, 0.1) is 0 Å². The molecule has 18 heavy (non-hydrogen) atoms. The number of anilines is 1. The number of nitrogens with zero attached hydrogens (tertiary/aromatic N) is 2. The smallest absolute Gasteiger partial charge is 0.237 e. The number of hydrogen-bond acceptors (Lipinski definition) is 5. The molecule has 4 nitrogen and oxygen atoms in total. The molecule has 2 aromatic rings. The molecule has 6 heteroatoms. The van der Waals surface area contributed by atoms with E-state index in [1.807, 2.05) is 26.0 Å². The number of benzene rings is 1. The van der Waals surface area contributed by atoms with Gasteiger partial charge in [-0.25, -0.2) is 0 Å². The van der Waals surface area contributed by atoms with E-state index in [0.717, 1.165) is 10.7 Å². The lowest BCUT2D eigenvalue weighted by Gasteiger charge is -2.03. The highest BCUT2D eigenvalue weighted by Crippen LogP contribution is 2.29. The number of thioether (sulfide) groups is 1. The van der Waals surface area contributed by atoms with Crippen molar-refractivity contribution in [3.8, 4) is 0 Å². The van der Waals surface area contributed by atoms with Crippen LogP contribution >= 0.6 is 23.4 Å². The predicted molar refractivity (Wildman–Crippen MR) is 73.8 cm³/mol. The van der Waals surface area contributed by atoms with Crippen molar-refractivity contribution in [2.75, 3.05) is 5.73 Å². The second-order valence-corrected chi connectivity index (χ2v) is 5.63. The van der Waals surface area contributed by atoms with Crippen molar-refractivity contribution >= 4 is 29.1 Å². The van der Waals surface area contributed by atoms with Gasteiger partial charge in [-0.1, -0.05) is 30.6 Å². The van der Waals surface area contributed by atoms with Crippen molar-refractivity contribution in [1.82, 2.24) is 10.1 Å². The van der Waals surface area contributed by atoms with Gasteiger partial charge in [0.15, 0.2) is 5.82 Å². The van der Waals surface area contributed by atoms with Gasteiger partial charge in [0.1, 0.15) is 0 Å². The zero-order chi connectivity index (χ0) is 13.1. The van der Waals surface area contributed by atoms with Crippen LogP contribution in [0.5, 0.6) is 0 Å². The lowest BCUT2D eigenvalue weighted by molar-refractivity contribution is 0.383. The molecule has 0 amide bonds. The van der Waals surface area contributed by atoms with Crippen molar-refractivity contribution in [3.63, 3.8) is 0 Å². The summed E-state index contributed by atoms with van der Waals surface area (Å²) in [6.45, 7) is 4.05. The van der Waals surface area contributed by atoms with Crippen LogP contribution in [0.25, 0.3) is 0 Å². The van der Waals surface area contributed by atoms with E-state index in [4.69, 9.17) is 21.9 Å². The number of hydrogen-bond donors (Lipinski definition) is 1. The molecule has 0 atom stereocenters. The van der Waals surface area contributed by atoms with E-state index in [0.29, 0.717) is 22.4 Å². The maximum absolute atomic E-state index is 5.87. The number of rotatable bonds is 4. The molecule has 2 N–H and O–H groups in total. The SMILES string of the molecule is CC(C)c1noc(CSc2ccc(Cl)cc2N)n1. The van der Waals surface area contributed by atoms with Crippen LogP contribution in [-0.4, -0.2) is 10.1 Å². The second kappa shape index (κ2) is 5.63. The van der Waals surface area contributed by atoms with Crippen LogP contribution in [0.1, 0.15) is 31.5 Å². The highest BCUT2D eigenvalue weighted by Gasteiger charge is 2.10. The van der Waals surface area contributed by atoms with Crippen LogP contribution in [0.4, 0.5) is 5.69 Å². The first kappa shape index (κ1) is 13.2. The molecule has 0 fully saturated rings. The molecule has 1 aromatic carbocycles. The summed E-state index contributed by atoms with van der Waals surface area (Å²) in [6, 6.07) is 5.44. The van der Waals surface area contributed by atoms with Crippen LogP contribution in [0.3, 0.4) is 0 Å². The Hall–Kier alpha value is -1.20. The Kier molecular flexibility index (Phi) is 4.14. The number of aromatic nitrogens is 2. The van der Waals surface area contributed by atoms with Gasteiger partial charge in [-0.05, 0) is 18.2 Å². The third kappa shape index (κ3) is 3.17. The molecule has 0 aliphatic rings. The van der Waals surface area contributed by atoms with E-state index in [2.05, 4.69) is 10.1 Å². The zero-order valence-electron chi connectivity index (χ0n) is 10.2. The summed E-state index contributed by atoms with van der Waals surface area (Å²) in [5, 5.41) is 4.55. The van der Waals surface area contributed by atoms with Gasteiger partial charge in [0.05, 0.1) is 5.75 Å². The van der Waals surface area contributed by atoms with Gasteiger partial charge in [0, 0.05) is 21.5 Å². The quantitative estimate of drug-likeness (QED) is 0.684. The molecule has 0 aliphatic carbocycles. The normalized spacial score (nSPS) is 11.1. The van der Waals surface area contributed by atoms with Crippen LogP contribution in [0.2, 0.25) is 5.02 Å². The van der Waals surface area contributed by atoms with Gasteiger partial charge in [-0.15, -0.1) is 11.8 Å². The van der Waals surface area contributed by atoms with E-state index in [9.17, 15) is 0 Å². The van der Waals surface area contributed by atoms with Crippen molar-refractivity contribution < 1.29 is 4.52 Å². The minimum absolute atomic E-state index is 0.271. The van der Waals surface area contributed by atoms with Crippen LogP contribution < -0.4 is 5.73 Å². The first-order valence-electron chi connectivity index (χ1n) is 5.56. The fourth-order valence-corrected chi connectivity index (χ4v) is 2.32. The summed E-state index contributed by atoms with van der Waals surface area (Å²) in [6.07, 6.45) is 0. The molecule has 1 aromatic heterocycles. The fraction of sp³-hybridized carbons (Fsp3) is 0.333. The Morgan fingerprint density at radius 3 is 2.83 bits per heavy atom. The predicted octanol–water partition coefficient (Wildman–Crippen LogP) is 3.72. The first-order chi connectivity index (χ1) is 8.56. The Bertz CT molecular complexity index is 542. The molecular weight excluding hydrogens is 270 g/mol. The molecule has 2 rings (SSSR count). The molecule has 0 spiro atoms. The molecule has 0 aliphatic heterocycles. The zero-order valence-corrected chi connectivity index (χ0v) is 11.8. The number of nitrogen functional groups attached to an aromatic ring is 1. The summed E-state index contributed by atoms with van der Waals surface area (Å²) in [7, 11) is 0. The molecule has 0 bridgehead atoms. The topological polar surface area (TPSA) is 64.9 Å². The standard InChI is InChI=1S/C12H14ClN3OS/c1-7(2)12-15-11(17-16-12)6-18-10-4-3-8(13)5-9(10)14/h3-5,7H,6,14H2,1-2H3. The monoisotopic (exact) mass is 283 g/mol. The van der Waals surface area contributed by atoms with Gasteiger partial charge in [-0.3, -0.25) is 0 Å². The van der Waals surface area contributed by atoms with Gasteiger partial charge >= 0.3 is 0 Å². The summed E-state index contributed by atoms with van der Waals surface area (Å²) in [5.74, 6) is 2.21. The Morgan fingerprint density at radius 2 is 2.22 bits per heavy atom. The van der Waals surface area contributed by atoms with Crippen LogP contribution in [0.15, 0.2) is 27.6 Å². The Balaban J connectivity index is 2.02. The number of nitrogens with two attached hydrogens (primary N) is 1. The van der Waals surface area contributed by atoms with Crippen molar-refractivity contribution in [2.45, 2.75) is 30.4 Å². The van der Waals surface area contributed by atoms with Gasteiger partial charge < -0.3 is 10.3 Å². The van der Waals surface area contributed by atoms with E-state index in [1.54, 1.807) is 17.8 Å². The second-order valence-electron chi connectivity index (χ2n) is 4.17. The minimum atomic E-state index is 0.271. The van der Waals surface area contributed by atoms with E-state index < -0.39 is 0 Å². The molecule has 1 heterocycles. The highest BCUT2D eigenvalue weighted by atomic mass is 35.5. The third-order valence-electron chi connectivity index (χ3n) is 2.32. The maximum atomic E-state index is 5.87. The Labute approximate surface area is 115 Å². The summed E-state index contributed by atoms with van der Waals surface area (Å²) in [5.41, 5.74) is 6.53. The van der Waals surface area contributed by atoms with Gasteiger partial charge in [0.2, 0.25) is 5.89 Å². The molecule has 0 unspecified atom stereocenters.